The van der Waals surface area contributed by atoms with E-state index in [1.165, 1.54) is 16.7 Å². The zero-order valence-electron chi connectivity index (χ0n) is 35.7. The van der Waals surface area contributed by atoms with E-state index in [-0.39, 0.29) is 19.8 Å². The third-order valence-electron chi connectivity index (χ3n) is 9.41. The van der Waals surface area contributed by atoms with Crippen LogP contribution in [0.4, 0.5) is 0 Å². The average molecular weight is 1010 g/mol. The third-order valence-corrected chi connectivity index (χ3v) is 9.41. The first-order valence-corrected chi connectivity index (χ1v) is 20.4. The molecule has 9 rings (SSSR count). The van der Waals surface area contributed by atoms with Gasteiger partial charge in [-0.05, 0) is 180 Å². The van der Waals surface area contributed by atoms with Gasteiger partial charge in [0, 0.05) is 94.2 Å². The van der Waals surface area contributed by atoms with Crippen molar-refractivity contribution in [3.8, 4) is 34.2 Å². The van der Waals surface area contributed by atoms with Gasteiger partial charge in [0.05, 0.1) is 34.2 Å². The molecule has 0 spiro atoms. The van der Waals surface area contributed by atoms with Gasteiger partial charge in [-0.2, -0.15) is 0 Å². The molecule has 0 aliphatic carbocycles. The van der Waals surface area contributed by atoms with Crippen LogP contribution in [0.15, 0.2) is 184 Å². The topological polar surface area (TPSA) is 116 Å². The Labute approximate surface area is 387 Å². The molecule has 0 amide bonds. The first-order valence-electron chi connectivity index (χ1n) is 20.4. The van der Waals surface area contributed by atoms with Crippen LogP contribution >= 0.6 is 0 Å². The minimum atomic E-state index is 0. The molecule has 9 heterocycles. The van der Waals surface area contributed by atoms with E-state index in [9.17, 15) is 0 Å². The molecule has 0 unspecified atom stereocenters. The van der Waals surface area contributed by atoms with Crippen molar-refractivity contribution in [3.05, 3.63) is 234 Å². The Hall–Kier alpha value is -7.79. The summed E-state index contributed by atoms with van der Waals surface area (Å²) < 4.78 is 0. The molecule has 10 heteroatoms. The number of aryl methyl sites for hydroxylation is 3. The quantitative estimate of drug-likeness (QED) is 0.139. The van der Waals surface area contributed by atoms with E-state index >= 15 is 0 Å². The van der Waals surface area contributed by atoms with Gasteiger partial charge in [0.25, 0.3) is 0 Å². The van der Waals surface area contributed by atoms with Crippen molar-refractivity contribution in [3.63, 3.8) is 0 Å². The fraction of sp³-hybridized carbons (Fsp3) is 0.0556. The van der Waals surface area contributed by atoms with Crippen LogP contribution < -0.4 is 0 Å². The second kappa shape index (κ2) is 24.0. The Morgan fingerprint density at radius 1 is 0.250 bits per heavy atom. The van der Waals surface area contributed by atoms with Crippen molar-refractivity contribution in [1.29, 1.82) is 0 Å². The number of hydrogen-bond donors (Lipinski definition) is 0. The largest absolute Gasteiger partial charge is 0.265 e. The van der Waals surface area contributed by atoms with Gasteiger partial charge in [-0.15, -0.1) is 0 Å². The SMILES string of the molecule is Cc1ccnc(-c2cc(C=Cc3ccncc3)ccn2)c1.Cc1ccnc(-c2cc(C=Cc3ccncc3)ccn2)c1.Cc1ccnc(-c2cc(C=Cc3ccncc3)ccn2)c1.[Os]. The van der Waals surface area contributed by atoms with Crippen molar-refractivity contribution in [2.24, 2.45) is 0 Å². The summed E-state index contributed by atoms with van der Waals surface area (Å²) in [6.07, 6.45) is 34.0. The van der Waals surface area contributed by atoms with Gasteiger partial charge >= 0.3 is 0 Å². The van der Waals surface area contributed by atoms with Gasteiger partial charge in [0.1, 0.15) is 0 Å². The fourth-order valence-corrected chi connectivity index (χ4v) is 6.10. The summed E-state index contributed by atoms with van der Waals surface area (Å²) >= 11 is 0. The summed E-state index contributed by atoms with van der Waals surface area (Å²) in [5.41, 5.74) is 15.5. The summed E-state index contributed by atoms with van der Waals surface area (Å²) in [6.45, 7) is 6.16. The summed E-state index contributed by atoms with van der Waals surface area (Å²) in [5.74, 6) is 0. The van der Waals surface area contributed by atoms with Gasteiger partial charge in [-0.3, -0.25) is 44.9 Å². The van der Waals surface area contributed by atoms with E-state index < -0.39 is 0 Å². The minimum absolute atomic E-state index is 0. The van der Waals surface area contributed by atoms with Gasteiger partial charge < -0.3 is 0 Å². The van der Waals surface area contributed by atoms with Gasteiger partial charge in [-0.25, -0.2) is 0 Å². The van der Waals surface area contributed by atoms with Crippen LogP contribution in [0.2, 0.25) is 0 Å². The number of rotatable bonds is 9. The van der Waals surface area contributed by atoms with Crippen LogP contribution in [0.25, 0.3) is 70.6 Å². The molecule has 64 heavy (non-hydrogen) atoms. The predicted octanol–water partition coefficient (Wildman–Crippen LogP) is 12.0. The Balaban J connectivity index is 0.000000158. The molecule has 0 aromatic carbocycles. The van der Waals surface area contributed by atoms with E-state index in [1.807, 2.05) is 146 Å². The van der Waals surface area contributed by atoms with Crippen LogP contribution in [0, 0.1) is 20.8 Å². The minimum Gasteiger partial charge on any atom is -0.265 e. The molecule has 0 bridgehead atoms. The molecule has 0 saturated heterocycles. The van der Waals surface area contributed by atoms with Crippen LogP contribution in [-0.4, -0.2) is 44.9 Å². The average Bonchev–Trinajstić information content (AvgIpc) is 3.34. The molecule has 314 valence electrons. The molecule has 0 aliphatic heterocycles. The maximum atomic E-state index is 4.40. The second-order valence-electron chi connectivity index (χ2n) is 14.4. The van der Waals surface area contributed by atoms with Crippen molar-refractivity contribution < 1.29 is 19.8 Å². The molecular formula is C54H45N9Os. The van der Waals surface area contributed by atoms with Crippen molar-refractivity contribution >= 4 is 36.5 Å². The molecule has 0 atom stereocenters. The fourth-order valence-electron chi connectivity index (χ4n) is 6.10. The first kappa shape index (κ1) is 45.7. The van der Waals surface area contributed by atoms with Crippen LogP contribution in [0.1, 0.15) is 50.1 Å². The Morgan fingerprint density at radius 2 is 0.453 bits per heavy atom. The van der Waals surface area contributed by atoms with E-state index in [4.69, 9.17) is 0 Å². The maximum Gasteiger partial charge on any atom is 0.0892 e. The van der Waals surface area contributed by atoms with Crippen molar-refractivity contribution in [1.82, 2.24) is 44.9 Å². The molecule has 0 saturated carbocycles. The Morgan fingerprint density at radius 3 is 0.703 bits per heavy atom. The standard InChI is InChI=1S/3C18H15N3.Os/c3*1-14-4-10-20-17(12-14)18-13-16(7-11-21-18)3-2-15-5-8-19-9-6-15;/h3*2-13H,1H3;. The van der Waals surface area contributed by atoms with Crippen molar-refractivity contribution in [2.75, 3.05) is 0 Å². The normalized spacial score (nSPS) is 10.7. The number of pyridine rings is 9. The van der Waals surface area contributed by atoms with Crippen LogP contribution in [0.3, 0.4) is 0 Å². The second-order valence-corrected chi connectivity index (χ2v) is 14.4. The summed E-state index contributed by atoms with van der Waals surface area (Å²) in [6, 6.07) is 36.0. The van der Waals surface area contributed by atoms with Crippen molar-refractivity contribution in [2.45, 2.75) is 20.8 Å². The molecule has 0 fully saturated rings. The number of aromatic nitrogens is 9. The monoisotopic (exact) mass is 1010 g/mol. The summed E-state index contributed by atoms with van der Waals surface area (Å²) in [4.78, 5) is 38.4. The van der Waals surface area contributed by atoms with Crippen LogP contribution in [0.5, 0.6) is 0 Å². The molecule has 0 N–H and O–H groups in total. The smallest absolute Gasteiger partial charge is 0.0892 e. The van der Waals surface area contributed by atoms with E-state index in [2.05, 4.69) is 102 Å². The molecule has 9 nitrogen and oxygen atoms in total. The zero-order valence-corrected chi connectivity index (χ0v) is 38.2. The first-order chi connectivity index (χ1) is 30.9. The molecule has 9 aromatic heterocycles. The predicted molar refractivity (Wildman–Crippen MR) is 256 cm³/mol. The van der Waals surface area contributed by atoms with Gasteiger partial charge in [0.15, 0.2) is 0 Å². The number of hydrogen-bond acceptors (Lipinski definition) is 9. The third kappa shape index (κ3) is 14.4. The van der Waals surface area contributed by atoms with E-state index in [0.717, 1.165) is 67.5 Å². The molecule has 9 aromatic rings. The van der Waals surface area contributed by atoms with Gasteiger partial charge in [-0.1, -0.05) is 36.5 Å². The summed E-state index contributed by atoms with van der Waals surface area (Å²) in [5, 5.41) is 0. The Bertz CT molecular complexity index is 2620. The Kier molecular flexibility index (Phi) is 17.2. The van der Waals surface area contributed by atoms with E-state index in [0.29, 0.717) is 0 Å². The zero-order chi connectivity index (χ0) is 43.5. The maximum absolute atomic E-state index is 4.40. The van der Waals surface area contributed by atoms with Gasteiger partial charge in [0.2, 0.25) is 0 Å². The molecular weight excluding hydrogens is 965 g/mol. The van der Waals surface area contributed by atoms with Crippen LogP contribution in [-0.2, 0) is 19.8 Å². The molecule has 0 radical (unpaired) electrons. The van der Waals surface area contributed by atoms with E-state index in [1.54, 1.807) is 37.2 Å². The summed E-state index contributed by atoms with van der Waals surface area (Å²) in [7, 11) is 0. The number of nitrogens with zero attached hydrogens (tertiary/aromatic N) is 9. The molecule has 0 aliphatic rings.